The number of aromatic nitrogens is 5. The summed E-state index contributed by atoms with van der Waals surface area (Å²) in [5, 5.41) is 7.27. The molecular formula is C9H13N7. The quantitative estimate of drug-likeness (QED) is 0.742. The molecule has 7 nitrogen and oxygen atoms in total. The van der Waals surface area contributed by atoms with Crippen LogP contribution in [0.5, 0.6) is 0 Å². The van der Waals surface area contributed by atoms with E-state index in [4.69, 9.17) is 5.73 Å². The minimum Gasteiger partial charge on any atom is -0.394 e. The van der Waals surface area contributed by atoms with E-state index in [1.165, 1.54) is 6.33 Å². The average molecular weight is 219 g/mol. The Kier molecular flexibility index (Phi) is 2.95. The third kappa shape index (κ3) is 2.44. The van der Waals surface area contributed by atoms with Gasteiger partial charge in [-0.05, 0) is 0 Å². The summed E-state index contributed by atoms with van der Waals surface area (Å²) in [6, 6.07) is 0. The molecule has 0 saturated carbocycles. The van der Waals surface area contributed by atoms with Crippen LogP contribution in [0.2, 0.25) is 0 Å². The lowest BCUT2D eigenvalue weighted by Gasteiger charge is -2.05. The molecule has 84 valence electrons. The van der Waals surface area contributed by atoms with E-state index in [2.05, 4.69) is 25.4 Å². The number of nitrogens with two attached hydrogens (primary N) is 1. The maximum absolute atomic E-state index is 5.68. The second-order valence-electron chi connectivity index (χ2n) is 3.34. The van der Waals surface area contributed by atoms with Gasteiger partial charge >= 0.3 is 0 Å². The van der Waals surface area contributed by atoms with Gasteiger partial charge in [0.25, 0.3) is 0 Å². The summed E-state index contributed by atoms with van der Waals surface area (Å²) in [5.74, 6) is 1.44. The highest BCUT2D eigenvalue weighted by Gasteiger charge is 2.01. The Balaban J connectivity index is 1.87. The van der Waals surface area contributed by atoms with Crippen LogP contribution in [-0.4, -0.2) is 31.3 Å². The monoisotopic (exact) mass is 219 g/mol. The molecule has 3 N–H and O–H groups in total. The molecule has 16 heavy (non-hydrogen) atoms. The molecule has 0 aromatic carbocycles. The van der Waals surface area contributed by atoms with Crippen LogP contribution in [0.25, 0.3) is 0 Å². The van der Waals surface area contributed by atoms with Crippen molar-refractivity contribution in [3.05, 3.63) is 24.7 Å². The van der Waals surface area contributed by atoms with Crippen LogP contribution < -0.4 is 11.1 Å². The molecule has 0 spiro atoms. The van der Waals surface area contributed by atoms with Gasteiger partial charge in [0.2, 0.25) is 0 Å². The molecule has 0 unspecified atom stereocenters. The standard InChI is InChI=1S/C9H13N7/c1-16-6-14-8(15-16)2-3-12-9-7(10)4-11-5-13-9/h4-6H,2-3,10H2,1H3,(H,11,12,13). The van der Waals surface area contributed by atoms with E-state index in [1.54, 1.807) is 17.2 Å². The molecule has 0 amide bonds. The van der Waals surface area contributed by atoms with Crippen LogP contribution in [0.3, 0.4) is 0 Å². The Hall–Kier alpha value is -2.18. The third-order valence-corrected chi connectivity index (χ3v) is 2.03. The molecule has 0 aliphatic carbocycles. The largest absolute Gasteiger partial charge is 0.394 e. The van der Waals surface area contributed by atoms with Crippen molar-refractivity contribution in [3.63, 3.8) is 0 Å². The predicted molar refractivity (Wildman–Crippen MR) is 59.6 cm³/mol. The zero-order valence-electron chi connectivity index (χ0n) is 8.96. The number of hydrogen-bond donors (Lipinski definition) is 2. The fourth-order valence-corrected chi connectivity index (χ4v) is 1.28. The zero-order valence-corrected chi connectivity index (χ0v) is 8.96. The lowest BCUT2D eigenvalue weighted by Crippen LogP contribution is -2.09. The van der Waals surface area contributed by atoms with Crippen molar-refractivity contribution in [2.45, 2.75) is 6.42 Å². The van der Waals surface area contributed by atoms with Crippen LogP contribution in [0, 0.1) is 0 Å². The second-order valence-corrected chi connectivity index (χ2v) is 3.34. The van der Waals surface area contributed by atoms with E-state index in [-0.39, 0.29) is 0 Å². The molecular weight excluding hydrogens is 206 g/mol. The first-order chi connectivity index (χ1) is 7.75. The normalized spacial score (nSPS) is 10.3. The van der Waals surface area contributed by atoms with Gasteiger partial charge < -0.3 is 11.1 Å². The topological polar surface area (TPSA) is 94.5 Å². The molecule has 0 aliphatic rings. The van der Waals surface area contributed by atoms with Crippen molar-refractivity contribution in [1.82, 2.24) is 24.7 Å². The highest BCUT2D eigenvalue weighted by molar-refractivity contribution is 5.58. The lowest BCUT2D eigenvalue weighted by atomic mass is 10.4. The summed E-state index contributed by atoms with van der Waals surface area (Å²) in [7, 11) is 1.84. The number of aryl methyl sites for hydroxylation is 1. The van der Waals surface area contributed by atoms with Crippen LogP contribution >= 0.6 is 0 Å². The first kappa shape index (κ1) is 10.3. The summed E-state index contributed by atoms with van der Waals surface area (Å²) in [6.45, 7) is 0.686. The molecule has 2 aromatic heterocycles. The van der Waals surface area contributed by atoms with Gasteiger partial charge in [0.05, 0.1) is 11.9 Å². The van der Waals surface area contributed by atoms with E-state index in [0.29, 0.717) is 18.1 Å². The summed E-state index contributed by atoms with van der Waals surface area (Å²) in [6.07, 6.45) is 5.42. The highest BCUT2D eigenvalue weighted by Crippen LogP contribution is 2.10. The van der Waals surface area contributed by atoms with E-state index in [1.807, 2.05) is 7.05 Å². The van der Waals surface area contributed by atoms with Gasteiger partial charge in [-0.15, -0.1) is 0 Å². The van der Waals surface area contributed by atoms with E-state index in [9.17, 15) is 0 Å². The maximum atomic E-state index is 5.68. The van der Waals surface area contributed by atoms with Gasteiger partial charge in [-0.2, -0.15) is 5.10 Å². The van der Waals surface area contributed by atoms with Crippen molar-refractivity contribution in [3.8, 4) is 0 Å². The summed E-state index contributed by atoms with van der Waals surface area (Å²) in [5.41, 5.74) is 6.22. The molecule has 7 heteroatoms. The Morgan fingerprint density at radius 3 is 3.00 bits per heavy atom. The van der Waals surface area contributed by atoms with Gasteiger partial charge in [0, 0.05) is 20.0 Å². The van der Waals surface area contributed by atoms with Crippen molar-refractivity contribution in [2.24, 2.45) is 7.05 Å². The highest BCUT2D eigenvalue weighted by atomic mass is 15.3. The molecule has 2 aromatic rings. The second kappa shape index (κ2) is 4.56. The number of rotatable bonds is 4. The van der Waals surface area contributed by atoms with Gasteiger partial charge in [-0.1, -0.05) is 0 Å². The van der Waals surface area contributed by atoms with Gasteiger partial charge in [-0.3, -0.25) is 4.68 Å². The molecule has 2 heterocycles. The summed E-state index contributed by atoms with van der Waals surface area (Å²) in [4.78, 5) is 11.9. The third-order valence-electron chi connectivity index (χ3n) is 2.03. The fourth-order valence-electron chi connectivity index (χ4n) is 1.28. The number of hydrogen-bond acceptors (Lipinski definition) is 6. The minimum absolute atomic E-state index is 0.538. The summed E-state index contributed by atoms with van der Waals surface area (Å²) >= 11 is 0. The summed E-state index contributed by atoms with van der Waals surface area (Å²) < 4.78 is 1.67. The SMILES string of the molecule is Cn1cnc(CCNc2ncncc2N)n1. The molecule has 0 atom stereocenters. The van der Waals surface area contributed by atoms with E-state index < -0.39 is 0 Å². The number of anilines is 2. The number of nitrogen functional groups attached to an aromatic ring is 1. The van der Waals surface area contributed by atoms with Gasteiger partial charge in [0.1, 0.15) is 12.7 Å². The Labute approximate surface area is 92.7 Å². The van der Waals surface area contributed by atoms with Crippen LogP contribution in [0.4, 0.5) is 11.5 Å². The Bertz CT molecular complexity index is 464. The molecule has 0 fully saturated rings. The Morgan fingerprint density at radius 2 is 2.31 bits per heavy atom. The van der Waals surface area contributed by atoms with Gasteiger partial charge in [-0.25, -0.2) is 15.0 Å². The number of nitrogens with one attached hydrogen (secondary N) is 1. The molecule has 0 aliphatic heterocycles. The van der Waals surface area contributed by atoms with Crippen LogP contribution in [-0.2, 0) is 13.5 Å². The predicted octanol–water partition coefficient (Wildman–Crippen LogP) is -0.158. The van der Waals surface area contributed by atoms with E-state index >= 15 is 0 Å². The zero-order chi connectivity index (χ0) is 11.4. The Morgan fingerprint density at radius 1 is 1.44 bits per heavy atom. The van der Waals surface area contributed by atoms with Crippen molar-refractivity contribution >= 4 is 11.5 Å². The van der Waals surface area contributed by atoms with E-state index in [0.717, 1.165) is 12.2 Å². The van der Waals surface area contributed by atoms with Crippen molar-refractivity contribution in [2.75, 3.05) is 17.6 Å². The van der Waals surface area contributed by atoms with Gasteiger partial charge in [0.15, 0.2) is 11.6 Å². The smallest absolute Gasteiger partial charge is 0.152 e. The lowest BCUT2D eigenvalue weighted by molar-refractivity contribution is 0.742. The minimum atomic E-state index is 0.538. The first-order valence-electron chi connectivity index (χ1n) is 4.89. The molecule has 0 saturated heterocycles. The van der Waals surface area contributed by atoms with Crippen molar-refractivity contribution in [1.29, 1.82) is 0 Å². The van der Waals surface area contributed by atoms with Crippen LogP contribution in [0.15, 0.2) is 18.9 Å². The molecule has 0 radical (unpaired) electrons. The van der Waals surface area contributed by atoms with Crippen LogP contribution in [0.1, 0.15) is 5.82 Å². The maximum Gasteiger partial charge on any atom is 0.152 e. The number of nitrogens with zero attached hydrogens (tertiary/aromatic N) is 5. The average Bonchev–Trinajstić information content (AvgIpc) is 2.67. The fraction of sp³-hybridized carbons (Fsp3) is 0.333. The molecule has 0 bridgehead atoms. The first-order valence-corrected chi connectivity index (χ1v) is 4.89. The molecule has 2 rings (SSSR count). The van der Waals surface area contributed by atoms with Crippen molar-refractivity contribution < 1.29 is 0 Å².